The molecule has 0 amide bonds. The zero-order chi connectivity index (χ0) is 10.4. The lowest BCUT2D eigenvalue weighted by Gasteiger charge is -2.29. The second kappa shape index (κ2) is 6.38. The van der Waals surface area contributed by atoms with E-state index in [1.165, 1.54) is 39.0 Å². The number of likely N-dealkylation sites (N-methyl/N-ethyl adjacent to an activating group) is 1. The lowest BCUT2D eigenvalue weighted by molar-refractivity contribution is 0.184. The van der Waals surface area contributed by atoms with Gasteiger partial charge < -0.3 is 10.6 Å². The third kappa shape index (κ3) is 3.23. The third-order valence-electron chi connectivity index (χ3n) is 3.28. The number of nitrogens with two attached hydrogens (primary N) is 1. The maximum atomic E-state index is 5.61. The largest absolute Gasteiger partial charge is 0.329 e. The Balaban J connectivity index is 2.34. The van der Waals surface area contributed by atoms with Gasteiger partial charge in [-0.15, -0.1) is 0 Å². The van der Waals surface area contributed by atoms with Crippen molar-refractivity contribution in [3.63, 3.8) is 0 Å². The van der Waals surface area contributed by atoms with Gasteiger partial charge in [0.2, 0.25) is 0 Å². The van der Waals surface area contributed by atoms with Crippen molar-refractivity contribution in [2.75, 3.05) is 39.3 Å². The van der Waals surface area contributed by atoms with Crippen molar-refractivity contribution < 1.29 is 0 Å². The Labute approximate surface area is 88.2 Å². The van der Waals surface area contributed by atoms with Gasteiger partial charge in [-0.1, -0.05) is 13.8 Å². The van der Waals surface area contributed by atoms with E-state index in [4.69, 9.17) is 5.73 Å². The van der Waals surface area contributed by atoms with Gasteiger partial charge in [0, 0.05) is 25.7 Å². The van der Waals surface area contributed by atoms with E-state index in [1.54, 1.807) is 0 Å². The highest BCUT2D eigenvalue weighted by Crippen LogP contribution is 2.17. The van der Waals surface area contributed by atoms with Crippen LogP contribution in [0.25, 0.3) is 0 Å². The monoisotopic (exact) mass is 199 g/mol. The summed E-state index contributed by atoms with van der Waals surface area (Å²) in [5.41, 5.74) is 5.61. The average molecular weight is 199 g/mol. The summed E-state index contributed by atoms with van der Waals surface area (Å²) in [4.78, 5) is 5.07. The van der Waals surface area contributed by atoms with Crippen LogP contribution in [0.4, 0.5) is 0 Å². The lowest BCUT2D eigenvalue weighted by atomic mass is 10.2. The number of rotatable bonds is 6. The molecule has 0 spiro atoms. The van der Waals surface area contributed by atoms with Gasteiger partial charge >= 0.3 is 0 Å². The molecule has 0 bridgehead atoms. The topological polar surface area (TPSA) is 32.5 Å². The molecule has 0 aromatic carbocycles. The van der Waals surface area contributed by atoms with Crippen LogP contribution in [0, 0.1) is 0 Å². The van der Waals surface area contributed by atoms with Crippen LogP contribution in [0.2, 0.25) is 0 Å². The first-order valence-corrected chi connectivity index (χ1v) is 5.98. The molecule has 1 heterocycles. The fourth-order valence-corrected chi connectivity index (χ4v) is 2.34. The van der Waals surface area contributed by atoms with Gasteiger partial charge in [-0.3, -0.25) is 4.90 Å². The van der Waals surface area contributed by atoms with Crippen LogP contribution in [0.3, 0.4) is 0 Å². The van der Waals surface area contributed by atoms with Crippen molar-refractivity contribution in [2.24, 2.45) is 5.73 Å². The molecular weight excluding hydrogens is 174 g/mol. The Bertz CT molecular complexity index is 145. The molecule has 1 rings (SSSR count). The van der Waals surface area contributed by atoms with Crippen molar-refractivity contribution in [2.45, 2.75) is 32.7 Å². The molecule has 0 aromatic rings. The Morgan fingerprint density at radius 3 is 2.64 bits per heavy atom. The molecule has 1 aliphatic heterocycles. The quantitative estimate of drug-likeness (QED) is 0.685. The molecule has 0 unspecified atom stereocenters. The van der Waals surface area contributed by atoms with Gasteiger partial charge in [0.15, 0.2) is 0 Å². The van der Waals surface area contributed by atoms with Crippen LogP contribution in [0.5, 0.6) is 0 Å². The van der Waals surface area contributed by atoms with E-state index in [9.17, 15) is 0 Å². The highest BCUT2D eigenvalue weighted by molar-refractivity contribution is 4.81. The number of hydrogen-bond donors (Lipinski definition) is 1. The van der Waals surface area contributed by atoms with Crippen LogP contribution in [0.15, 0.2) is 0 Å². The Morgan fingerprint density at radius 1 is 1.36 bits per heavy atom. The molecule has 1 fully saturated rings. The SMILES string of the molecule is CCN(CC)C[C@@H]1CCCN1CCN. The van der Waals surface area contributed by atoms with Crippen LogP contribution in [-0.2, 0) is 0 Å². The van der Waals surface area contributed by atoms with E-state index in [0.29, 0.717) is 0 Å². The van der Waals surface area contributed by atoms with E-state index in [1.807, 2.05) is 0 Å². The summed E-state index contributed by atoms with van der Waals surface area (Å²) in [6.45, 7) is 11.2. The first kappa shape index (κ1) is 12.0. The average Bonchev–Trinajstić information content (AvgIpc) is 2.62. The predicted molar refractivity (Wildman–Crippen MR) is 61.4 cm³/mol. The van der Waals surface area contributed by atoms with Crippen LogP contribution < -0.4 is 5.73 Å². The van der Waals surface area contributed by atoms with Crippen molar-refractivity contribution in [1.29, 1.82) is 0 Å². The first-order valence-electron chi connectivity index (χ1n) is 5.98. The molecule has 84 valence electrons. The van der Waals surface area contributed by atoms with Crippen LogP contribution in [-0.4, -0.2) is 55.1 Å². The predicted octanol–water partition coefficient (Wildman–Crippen LogP) is 0.751. The minimum atomic E-state index is 0.762. The van der Waals surface area contributed by atoms with E-state index in [0.717, 1.165) is 19.1 Å². The maximum absolute atomic E-state index is 5.61. The second-order valence-corrected chi connectivity index (χ2v) is 4.11. The molecular formula is C11H25N3. The molecule has 1 saturated heterocycles. The van der Waals surface area contributed by atoms with Crippen molar-refractivity contribution in [1.82, 2.24) is 9.80 Å². The summed E-state index contributed by atoms with van der Waals surface area (Å²) < 4.78 is 0. The molecule has 3 nitrogen and oxygen atoms in total. The number of nitrogens with zero attached hydrogens (tertiary/aromatic N) is 2. The molecule has 14 heavy (non-hydrogen) atoms. The summed E-state index contributed by atoms with van der Waals surface area (Å²) in [5, 5.41) is 0. The van der Waals surface area contributed by atoms with E-state index in [-0.39, 0.29) is 0 Å². The molecule has 0 aliphatic carbocycles. The zero-order valence-electron chi connectivity index (χ0n) is 9.71. The Kier molecular flexibility index (Phi) is 5.45. The highest BCUT2D eigenvalue weighted by Gasteiger charge is 2.24. The summed E-state index contributed by atoms with van der Waals surface area (Å²) in [7, 11) is 0. The molecule has 0 radical (unpaired) electrons. The van der Waals surface area contributed by atoms with Gasteiger partial charge in [0.05, 0.1) is 0 Å². The first-order chi connectivity index (χ1) is 6.81. The number of hydrogen-bond acceptors (Lipinski definition) is 3. The Hall–Kier alpha value is -0.120. The zero-order valence-corrected chi connectivity index (χ0v) is 9.71. The van der Waals surface area contributed by atoms with Gasteiger partial charge in [0.25, 0.3) is 0 Å². The summed E-state index contributed by atoms with van der Waals surface area (Å²) in [6, 6.07) is 0.762. The van der Waals surface area contributed by atoms with Crippen molar-refractivity contribution >= 4 is 0 Å². The van der Waals surface area contributed by atoms with Gasteiger partial charge in [-0.2, -0.15) is 0 Å². The smallest absolute Gasteiger partial charge is 0.0224 e. The molecule has 0 aromatic heterocycles. The lowest BCUT2D eigenvalue weighted by Crippen LogP contribution is -2.42. The highest BCUT2D eigenvalue weighted by atomic mass is 15.2. The minimum absolute atomic E-state index is 0.762. The van der Waals surface area contributed by atoms with Crippen LogP contribution in [0.1, 0.15) is 26.7 Å². The van der Waals surface area contributed by atoms with E-state index in [2.05, 4.69) is 23.6 Å². The molecule has 1 atom stereocenters. The fraction of sp³-hybridized carbons (Fsp3) is 1.00. The molecule has 2 N–H and O–H groups in total. The second-order valence-electron chi connectivity index (χ2n) is 4.11. The van der Waals surface area contributed by atoms with Gasteiger partial charge in [-0.25, -0.2) is 0 Å². The van der Waals surface area contributed by atoms with Gasteiger partial charge in [-0.05, 0) is 32.5 Å². The van der Waals surface area contributed by atoms with Crippen LogP contribution >= 0.6 is 0 Å². The maximum Gasteiger partial charge on any atom is 0.0224 e. The minimum Gasteiger partial charge on any atom is -0.329 e. The molecule has 0 saturated carbocycles. The fourth-order valence-electron chi connectivity index (χ4n) is 2.34. The summed E-state index contributed by atoms with van der Waals surface area (Å²) in [5.74, 6) is 0. The van der Waals surface area contributed by atoms with Gasteiger partial charge in [0.1, 0.15) is 0 Å². The molecule has 1 aliphatic rings. The van der Waals surface area contributed by atoms with Crippen molar-refractivity contribution in [3.8, 4) is 0 Å². The summed E-state index contributed by atoms with van der Waals surface area (Å²) >= 11 is 0. The molecule has 3 heteroatoms. The Morgan fingerprint density at radius 2 is 2.07 bits per heavy atom. The normalized spacial score (nSPS) is 23.6. The van der Waals surface area contributed by atoms with E-state index >= 15 is 0 Å². The third-order valence-corrected chi connectivity index (χ3v) is 3.28. The number of likely N-dealkylation sites (tertiary alicyclic amines) is 1. The standard InChI is InChI=1S/C11H25N3/c1-3-13(4-2)10-11-6-5-8-14(11)9-7-12/h11H,3-10,12H2,1-2H3/t11-/m0/s1. The summed E-state index contributed by atoms with van der Waals surface area (Å²) in [6.07, 6.45) is 2.71. The van der Waals surface area contributed by atoms with Crippen molar-refractivity contribution in [3.05, 3.63) is 0 Å². The van der Waals surface area contributed by atoms with E-state index < -0.39 is 0 Å².